The predicted molar refractivity (Wildman–Crippen MR) is 144 cm³/mol. The zero-order valence-corrected chi connectivity index (χ0v) is 21.9. The molecule has 0 radical (unpaired) electrons. The van der Waals surface area contributed by atoms with Gasteiger partial charge in [0.1, 0.15) is 11.3 Å². The molecular formula is C26H32N10O. The number of fused-ring (bicyclic) bond motifs is 1. The molecule has 6 heterocycles. The smallest absolute Gasteiger partial charge is 0.218 e. The first kappa shape index (κ1) is 24.4. The Balaban J connectivity index is 0.00000137. The number of imidazole rings is 1. The van der Waals surface area contributed by atoms with Gasteiger partial charge < -0.3 is 19.5 Å². The van der Waals surface area contributed by atoms with E-state index in [-0.39, 0.29) is 0 Å². The van der Waals surface area contributed by atoms with Crippen molar-refractivity contribution in [3.8, 4) is 22.9 Å². The summed E-state index contributed by atoms with van der Waals surface area (Å²) in [6.45, 7) is 9.27. The van der Waals surface area contributed by atoms with Gasteiger partial charge in [0.05, 0.1) is 30.8 Å². The molecule has 0 unspecified atom stereocenters. The van der Waals surface area contributed by atoms with Gasteiger partial charge in [-0.25, -0.2) is 19.5 Å². The molecule has 0 bridgehead atoms. The van der Waals surface area contributed by atoms with Crippen LogP contribution in [0.1, 0.15) is 19.4 Å². The van der Waals surface area contributed by atoms with Crippen molar-refractivity contribution in [1.29, 1.82) is 0 Å². The standard InChI is InChI=1S/C24H26N10O.C2H6/c1-16-18(19-6-8-32(3)29-19)15-34-21(16)22(28-23(30-34)24-25-7-9-31(24)2)27-20-5-4-17(14-26-20)33-10-12-35-13-11-33;1-2/h4-9,14-15H,10-13H2,1-3H3,(H,26,27,28,30);1-2H3. The molecule has 0 spiro atoms. The summed E-state index contributed by atoms with van der Waals surface area (Å²) in [5.41, 5.74) is 4.85. The number of morpholine rings is 1. The van der Waals surface area contributed by atoms with Crippen molar-refractivity contribution < 1.29 is 4.74 Å². The number of nitrogens with zero attached hydrogens (tertiary/aromatic N) is 9. The first-order valence-electron chi connectivity index (χ1n) is 12.5. The number of pyridine rings is 1. The predicted octanol–water partition coefficient (Wildman–Crippen LogP) is 3.84. The van der Waals surface area contributed by atoms with E-state index in [0.717, 1.165) is 54.3 Å². The fourth-order valence-corrected chi connectivity index (χ4v) is 4.40. The van der Waals surface area contributed by atoms with Gasteiger partial charge in [-0.15, -0.1) is 5.10 Å². The molecule has 0 aliphatic carbocycles. The van der Waals surface area contributed by atoms with E-state index in [4.69, 9.17) is 14.8 Å². The maximum atomic E-state index is 5.46. The average molecular weight is 501 g/mol. The van der Waals surface area contributed by atoms with E-state index in [0.29, 0.717) is 23.3 Å². The first-order chi connectivity index (χ1) is 18.1. The van der Waals surface area contributed by atoms with Crippen molar-refractivity contribution in [2.24, 2.45) is 14.1 Å². The van der Waals surface area contributed by atoms with Crippen LogP contribution in [0.4, 0.5) is 17.3 Å². The Bertz CT molecular complexity index is 1490. The SMILES string of the molecule is CC.Cc1c(-c2ccn(C)n2)cn2nc(-c3nccn3C)nc(Nc3ccc(N4CCOCC4)cn3)c12. The Labute approximate surface area is 215 Å². The van der Waals surface area contributed by atoms with Gasteiger partial charge in [0.2, 0.25) is 5.82 Å². The molecule has 6 rings (SSSR count). The van der Waals surface area contributed by atoms with Crippen LogP contribution >= 0.6 is 0 Å². The topological polar surface area (TPSA) is 103 Å². The van der Waals surface area contributed by atoms with E-state index >= 15 is 0 Å². The molecule has 5 aromatic heterocycles. The Morgan fingerprint density at radius 1 is 0.973 bits per heavy atom. The monoisotopic (exact) mass is 500 g/mol. The highest BCUT2D eigenvalue weighted by Gasteiger charge is 2.20. The van der Waals surface area contributed by atoms with Gasteiger partial charge >= 0.3 is 0 Å². The number of hydrogen-bond acceptors (Lipinski definition) is 8. The minimum atomic E-state index is 0.514. The van der Waals surface area contributed by atoms with Crippen molar-refractivity contribution >= 4 is 22.8 Å². The van der Waals surface area contributed by atoms with Crippen molar-refractivity contribution in [1.82, 2.24) is 38.9 Å². The fourth-order valence-electron chi connectivity index (χ4n) is 4.40. The van der Waals surface area contributed by atoms with Crippen LogP contribution < -0.4 is 10.2 Å². The minimum Gasteiger partial charge on any atom is -0.378 e. The lowest BCUT2D eigenvalue weighted by molar-refractivity contribution is 0.122. The molecule has 0 aromatic carbocycles. The van der Waals surface area contributed by atoms with E-state index in [1.54, 1.807) is 10.9 Å². The summed E-state index contributed by atoms with van der Waals surface area (Å²) < 4.78 is 11.0. The van der Waals surface area contributed by atoms with Crippen LogP contribution in [-0.4, -0.2) is 65.2 Å². The molecule has 1 aliphatic heterocycles. The lowest BCUT2D eigenvalue weighted by Crippen LogP contribution is -2.36. The number of nitrogens with one attached hydrogen (secondary N) is 1. The second-order valence-corrected chi connectivity index (χ2v) is 8.61. The summed E-state index contributed by atoms with van der Waals surface area (Å²) in [7, 11) is 3.84. The van der Waals surface area contributed by atoms with Gasteiger partial charge in [0.25, 0.3) is 0 Å². The molecule has 0 saturated carbocycles. The third kappa shape index (κ3) is 4.77. The fraction of sp³-hybridized carbons (Fsp3) is 0.346. The molecule has 5 aromatic rings. The van der Waals surface area contributed by atoms with Crippen molar-refractivity contribution in [3.05, 3.63) is 54.7 Å². The normalized spacial score (nSPS) is 13.5. The first-order valence-corrected chi connectivity index (χ1v) is 12.5. The van der Waals surface area contributed by atoms with Crippen molar-refractivity contribution in [2.75, 3.05) is 36.5 Å². The molecule has 11 heteroatoms. The Morgan fingerprint density at radius 3 is 2.43 bits per heavy atom. The summed E-state index contributed by atoms with van der Waals surface area (Å²) in [4.78, 5) is 16.3. The highest BCUT2D eigenvalue weighted by atomic mass is 16.5. The van der Waals surface area contributed by atoms with E-state index in [1.165, 1.54) is 0 Å². The molecule has 37 heavy (non-hydrogen) atoms. The van der Waals surface area contributed by atoms with Crippen LogP contribution in [0.25, 0.3) is 28.4 Å². The minimum absolute atomic E-state index is 0.514. The second-order valence-electron chi connectivity index (χ2n) is 8.61. The number of anilines is 3. The lowest BCUT2D eigenvalue weighted by Gasteiger charge is -2.28. The zero-order chi connectivity index (χ0) is 25.9. The molecule has 1 aliphatic rings. The quantitative estimate of drug-likeness (QED) is 0.388. The number of rotatable bonds is 5. The number of hydrogen-bond donors (Lipinski definition) is 1. The molecule has 0 atom stereocenters. The average Bonchev–Trinajstić information content (AvgIpc) is 3.64. The van der Waals surface area contributed by atoms with Crippen LogP contribution in [0.15, 0.2) is 49.2 Å². The summed E-state index contributed by atoms with van der Waals surface area (Å²) in [6, 6.07) is 6.04. The number of ether oxygens (including phenoxy) is 1. The Morgan fingerprint density at radius 2 is 1.78 bits per heavy atom. The summed E-state index contributed by atoms with van der Waals surface area (Å²) in [6.07, 6.45) is 9.42. The van der Waals surface area contributed by atoms with Crippen LogP contribution in [0.2, 0.25) is 0 Å². The van der Waals surface area contributed by atoms with Crippen LogP contribution in [0, 0.1) is 6.92 Å². The Kier molecular flexibility index (Phi) is 6.87. The Hall–Kier alpha value is -4.25. The van der Waals surface area contributed by atoms with Crippen LogP contribution in [-0.2, 0) is 18.8 Å². The van der Waals surface area contributed by atoms with Gasteiger partial charge in [-0.1, -0.05) is 13.8 Å². The maximum Gasteiger partial charge on any atom is 0.218 e. The summed E-state index contributed by atoms with van der Waals surface area (Å²) in [5.74, 6) is 2.55. The highest BCUT2D eigenvalue weighted by Crippen LogP contribution is 2.32. The summed E-state index contributed by atoms with van der Waals surface area (Å²) in [5, 5.41) is 12.8. The molecule has 0 amide bonds. The third-order valence-corrected chi connectivity index (χ3v) is 6.27. The molecule has 11 nitrogen and oxygen atoms in total. The van der Waals surface area contributed by atoms with E-state index in [9.17, 15) is 0 Å². The van der Waals surface area contributed by atoms with Gasteiger partial charge in [0.15, 0.2) is 11.6 Å². The van der Waals surface area contributed by atoms with Crippen molar-refractivity contribution in [2.45, 2.75) is 20.8 Å². The molecule has 1 N–H and O–H groups in total. The van der Waals surface area contributed by atoms with Crippen LogP contribution in [0.3, 0.4) is 0 Å². The lowest BCUT2D eigenvalue weighted by atomic mass is 10.1. The third-order valence-electron chi connectivity index (χ3n) is 6.27. The molecule has 192 valence electrons. The second kappa shape index (κ2) is 10.4. The van der Waals surface area contributed by atoms with E-state index in [2.05, 4.69) is 38.3 Å². The highest BCUT2D eigenvalue weighted by molar-refractivity contribution is 5.84. The van der Waals surface area contributed by atoms with Gasteiger partial charge in [0, 0.05) is 57.5 Å². The number of aryl methyl sites for hydroxylation is 3. The maximum absolute atomic E-state index is 5.46. The van der Waals surface area contributed by atoms with E-state index in [1.807, 2.05) is 73.9 Å². The van der Waals surface area contributed by atoms with Crippen LogP contribution in [0.5, 0.6) is 0 Å². The molecule has 1 fully saturated rings. The number of aromatic nitrogens is 8. The van der Waals surface area contributed by atoms with Crippen molar-refractivity contribution in [3.63, 3.8) is 0 Å². The van der Waals surface area contributed by atoms with Gasteiger partial charge in [-0.3, -0.25) is 4.68 Å². The van der Waals surface area contributed by atoms with E-state index < -0.39 is 0 Å². The largest absolute Gasteiger partial charge is 0.378 e. The van der Waals surface area contributed by atoms with Gasteiger partial charge in [-0.05, 0) is 30.7 Å². The molecular weight excluding hydrogens is 468 g/mol. The molecule has 1 saturated heterocycles. The summed E-state index contributed by atoms with van der Waals surface area (Å²) >= 11 is 0. The van der Waals surface area contributed by atoms with Gasteiger partial charge in [-0.2, -0.15) is 5.10 Å². The zero-order valence-electron chi connectivity index (χ0n) is 21.9.